The van der Waals surface area contributed by atoms with Gasteiger partial charge in [0.05, 0.1) is 12.3 Å². The predicted molar refractivity (Wildman–Crippen MR) is 69.6 cm³/mol. The van der Waals surface area contributed by atoms with Crippen LogP contribution in [-0.4, -0.2) is 22.4 Å². The van der Waals surface area contributed by atoms with Crippen molar-refractivity contribution in [2.75, 3.05) is 6.61 Å². The standard InChI is InChI=1S/C14H14N2O2/c1-2-18-14(17)9-11-16-10-8-13(15-16)12-6-4-3-5-7-12/h3-11H,2H2,1H3/b11-9-. The van der Waals surface area contributed by atoms with Crippen molar-refractivity contribution in [1.29, 1.82) is 0 Å². The van der Waals surface area contributed by atoms with Crippen molar-refractivity contribution < 1.29 is 9.53 Å². The highest BCUT2D eigenvalue weighted by molar-refractivity contribution is 5.84. The Balaban J connectivity index is 2.09. The number of ether oxygens (including phenoxy) is 1. The lowest BCUT2D eigenvalue weighted by atomic mass is 10.2. The Morgan fingerprint density at radius 2 is 2.11 bits per heavy atom. The summed E-state index contributed by atoms with van der Waals surface area (Å²) >= 11 is 0. The molecular formula is C14H14N2O2. The summed E-state index contributed by atoms with van der Waals surface area (Å²) in [7, 11) is 0. The lowest BCUT2D eigenvalue weighted by Crippen LogP contribution is -2.00. The van der Waals surface area contributed by atoms with Gasteiger partial charge in [-0.3, -0.25) is 0 Å². The minimum atomic E-state index is -0.366. The van der Waals surface area contributed by atoms with Crippen molar-refractivity contribution in [3.8, 4) is 11.3 Å². The van der Waals surface area contributed by atoms with Crippen molar-refractivity contribution in [2.24, 2.45) is 0 Å². The van der Waals surface area contributed by atoms with E-state index in [1.807, 2.05) is 36.4 Å². The Morgan fingerprint density at radius 3 is 2.83 bits per heavy atom. The third-order valence-corrected chi connectivity index (χ3v) is 2.33. The molecule has 0 saturated heterocycles. The Hall–Kier alpha value is -2.36. The normalized spacial score (nSPS) is 10.7. The fraction of sp³-hybridized carbons (Fsp3) is 0.143. The Labute approximate surface area is 106 Å². The highest BCUT2D eigenvalue weighted by Crippen LogP contribution is 2.15. The van der Waals surface area contributed by atoms with E-state index in [0.29, 0.717) is 6.61 Å². The van der Waals surface area contributed by atoms with E-state index >= 15 is 0 Å². The highest BCUT2D eigenvalue weighted by atomic mass is 16.5. The molecule has 0 spiro atoms. The maximum Gasteiger partial charge on any atom is 0.332 e. The number of aromatic nitrogens is 2. The van der Waals surface area contributed by atoms with E-state index in [4.69, 9.17) is 4.74 Å². The summed E-state index contributed by atoms with van der Waals surface area (Å²) in [5.41, 5.74) is 1.91. The van der Waals surface area contributed by atoms with Gasteiger partial charge in [-0.25, -0.2) is 9.48 Å². The molecule has 4 nitrogen and oxygen atoms in total. The monoisotopic (exact) mass is 242 g/mol. The number of nitrogens with zero attached hydrogens (tertiary/aromatic N) is 2. The fourth-order valence-corrected chi connectivity index (χ4v) is 1.51. The SMILES string of the molecule is CCOC(=O)/C=C\n1ccc(-c2ccccc2)n1. The van der Waals surface area contributed by atoms with Crippen molar-refractivity contribution >= 4 is 12.2 Å². The van der Waals surface area contributed by atoms with Gasteiger partial charge >= 0.3 is 5.97 Å². The van der Waals surface area contributed by atoms with Crippen LogP contribution in [0.15, 0.2) is 48.7 Å². The van der Waals surface area contributed by atoms with E-state index in [0.717, 1.165) is 11.3 Å². The molecule has 0 atom stereocenters. The van der Waals surface area contributed by atoms with Gasteiger partial charge in [0.2, 0.25) is 0 Å². The molecule has 18 heavy (non-hydrogen) atoms. The minimum Gasteiger partial charge on any atom is -0.463 e. The zero-order valence-corrected chi connectivity index (χ0v) is 10.1. The molecule has 0 bridgehead atoms. The number of hydrogen-bond donors (Lipinski definition) is 0. The smallest absolute Gasteiger partial charge is 0.332 e. The Morgan fingerprint density at radius 1 is 1.33 bits per heavy atom. The molecule has 2 rings (SSSR count). The topological polar surface area (TPSA) is 44.1 Å². The molecule has 0 saturated carbocycles. The summed E-state index contributed by atoms with van der Waals surface area (Å²) in [4.78, 5) is 11.1. The van der Waals surface area contributed by atoms with Gasteiger partial charge in [0.15, 0.2) is 0 Å². The van der Waals surface area contributed by atoms with Crippen LogP contribution in [0.1, 0.15) is 6.92 Å². The van der Waals surface area contributed by atoms with Crippen molar-refractivity contribution in [3.05, 3.63) is 48.7 Å². The van der Waals surface area contributed by atoms with E-state index < -0.39 is 0 Å². The summed E-state index contributed by atoms with van der Waals surface area (Å²) in [6, 6.07) is 11.8. The lowest BCUT2D eigenvalue weighted by Gasteiger charge is -1.96. The number of esters is 1. The van der Waals surface area contributed by atoms with Gasteiger partial charge in [-0.1, -0.05) is 30.3 Å². The molecule has 0 amide bonds. The van der Waals surface area contributed by atoms with Crippen LogP contribution in [0, 0.1) is 0 Å². The zero-order valence-electron chi connectivity index (χ0n) is 10.1. The van der Waals surface area contributed by atoms with Gasteiger partial charge < -0.3 is 4.74 Å². The molecule has 0 aliphatic heterocycles. The molecule has 0 fully saturated rings. The van der Waals surface area contributed by atoms with Gasteiger partial charge in [-0.05, 0) is 13.0 Å². The summed E-state index contributed by atoms with van der Waals surface area (Å²) in [5.74, 6) is -0.366. The molecule has 1 heterocycles. The summed E-state index contributed by atoms with van der Waals surface area (Å²) < 4.78 is 6.37. The van der Waals surface area contributed by atoms with Gasteiger partial charge in [0.25, 0.3) is 0 Å². The number of benzene rings is 1. The number of hydrogen-bond acceptors (Lipinski definition) is 3. The molecule has 1 aromatic carbocycles. The Bertz CT molecular complexity index is 544. The Kier molecular flexibility index (Phi) is 3.91. The molecular weight excluding hydrogens is 228 g/mol. The molecule has 0 unspecified atom stereocenters. The maximum absolute atomic E-state index is 11.1. The second-order valence-corrected chi connectivity index (χ2v) is 3.61. The third kappa shape index (κ3) is 3.07. The number of carbonyl (C=O) groups excluding carboxylic acids is 1. The van der Waals surface area contributed by atoms with Crippen molar-refractivity contribution in [2.45, 2.75) is 6.92 Å². The fourth-order valence-electron chi connectivity index (χ4n) is 1.51. The summed E-state index contributed by atoms with van der Waals surface area (Å²) in [6.45, 7) is 2.14. The molecule has 0 N–H and O–H groups in total. The number of carbonyl (C=O) groups is 1. The first-order chi connectivity index (χ1) is 8.79. The third-order valence-electron chi connectivity index (χ3n) is 2.33. The first-order valence-electron chi connectivity index (χ1n) is 5.75. The van der Waals surface area contributed by atoms with Crippen LogP contribution in [0.25, 0.3) is 17.5 Å². The summed E-state index contributed by atoms with van der Waals surface area (Å²) in [5, 5.41) is 4.33. The predicted octanol–water partition coefficient (Wildman–Crippen LogP) is 2.58. The molecule has 2 aromatic rings. The molecule has 92 valence electrons. The second kappa shape index (κ2) is 5.82. The van der Waals surface area contributed by atoms with Crippen LogP contribution in [0.4, 0.5) is 0 Å². The highest BCUT2D eigenvalue weighted by Gasteiger charge is 2.00. The van der Waals surface area contributed by atoms with Crippen LogP contribution in [0.3, 0.4) is 0 Å². The number of rotatable bonds is 4. The van der Waals surface area contributed by atoms with Crippen LogP contribution in [0.2, 0.25) is 0 Å². The minimum absolute atomic E-state index is 0.366. The largest absolute Gasteiger partial charge is 0.463 e. The van der Waals surface area contributed by atoms with E-state index in [-0.39, 0.29) is 5.97 Å². The van der Waals surface area contributed by atoms with Gasteiger partial charge in [-0.2, -0.15) is 5.10 Å². The molecule has 0 aliphatic carbocycles. The first-order valence-corrected chi connectivity index (χ1v) is 5.75. The van der Waals surface area contributed by atoms with Crippen molar-refractivity contribution in [3.63, 3.8) is 0 Å². The zero-order chi connectivity index (χ0) is 12.8. The molecule has 1 aromatic heterocycles. The first kappa shape index (κ1) is 12.1. The van der Waals surface area contributed by atoms with Crippen LogP contribution < -0.4 is 0 Å². The van der Waals surface area contributed by atoms with E-state index in [9.17, 15) is 4.79 Å². The molecule has 0 radical (unpaired) electrons. The van der Waals surface area contributed by atoms with E-state index in [1.165, 1.54) is 6.08 Å². The molecule has 4 heteroatoms. The van der Waals surface area contributed by atoms with E-state index in [2.05, 4.69) is 5.10 Å². The van der Waals surface area contributed by atoms with Crippen LogP contribution in [-0.2, 0) is 9.53 Å². The molecule has 0 aliphatic rings. The van der Waals surface area contributed by atoms with Gasteiger partial charge in [0.1, 0.15) is 0 Å². The van der Waals surface area contributed by atoms with Gasteiger partial charge in [0, 0.05) is 24.0 Å². The van der Waals surface area contributed by atoms with E-state index in [1.54, 1.807) is 24.0 Å². The quantitative estimate of drug-likeness (QED) is 0.611. The second-order valence-electron chi connectivity index (χ2n) is 3.61. The van der Waals surface area contributed by atoms with Gasteiger partial charge in [-0.15, -0.1) is 0 Å². The lowest BCUT2D eigenvalue weighted by molar-refractivity contribution is -0.137. The average Bonchev–Trinajstić information content (AvgIpc) is 2.87. The maximum atomic E-state index is 11.1. The average molecular weight is 242 g/mol. The van der Waals surface area contributed by atoms with Crippen LogP contribution >= 0.6 is 0 Å². The van der Waals surface area contributed by atoms with Crippen LogP contribution in [0.5, 0.6) is 0 Å². The van der Waals surface area contributed by atoms with Crippen molar-refractivity contribution in [1.82, 2.24) is 9.78 Å². The summed E-state index contributed by atoms with van der Waals surface area (Å²) in [6.07, 6.45) is 4.72.